The van der Waals surface area contributed by atoms with Gasteiger partial charge < -0.3 is 19.9 Å². The number of anilines is 1. The summed E-state index contributed by atoms with van der Waals surface area (Å²) in [6, 6.07) is 16.0. The fraction of sp³-hybridized carbons (Fsp3) is 0.378. The van der Waals surface area contributed by atoms with Gasteiger partial charge >= 0.3 is 11.9 Å². The van der Waals surface area contributed by atoms with Crippen molar-refractivity contribution in [3.05, 3.63) is 92.0 Å². The van der Waals surface area contributed by atoms with Crippen LogP contribution in [0.25, 0.3) is 10.9 Å². The highest BCUT2D eigenvalue weighted by Gasteiger charge is 2.24. The quantitative estimate of drug-likeness (QED) is 0.0893. The third kappa shape index (κ3) is 8.05. The molecule has 1 aromatic heterocycles. The second-order valence-corrected chi connectivity index (χ2v) is 13.3. The molecular formula is C37H41BrClN3O6. The van der Waals surface area contributed by atoms with Gasteiger partial charge in [0.25, 0.3) is 5.91 Å². The lowest BCUT2D eigenvalue weighted by molar-refractivity contribution is -0.143. The maximum absolute atomic E-state index is 13.6. The number of esters is 2. The van der Waals surface area contributed by atoms with E-state index in [2.05, 4.69) is 27.8 Å². The molecule has 3 aromatic carbocycles. The summed E-state index contributed by atoms with van der Waals surface area (Å²) in [6.07, 6.45) is 6.01. The number of rotatable bonds is 12. The van der Waals surface area contributed by atoms with Crippen LogP contribution < -0.4 is 10.5 Å². The van der Waals surface area contributed by atoms with Gasteiger partial charge in [-0.25, -0.2) is 4.79 Å². The van der Waals surface area contributed by atoms with Crippen LogP contribution in [0.2, 0.25) is 5.02 Å². The van der Waals surface area contributed by atoms with Gasteiger partial charge in [-0.05, 0) is 108 Å². The number of ether oxygens (including phenoxy) is 3. The molecule has 9 nitrogen and oxygen atoms in total. The Morgan fingerprint density at radius 3 is 2.38 bits per heavy atom. The summed E-state index contributed by atoms with van der Waals surface area (Å²) >= 11 is 9.54. The van der Waals surface area contributed by atoms with Crippen LogP contribution in [0.3, 0.4) is 0 Å². The van der Waals surface area contributed by atoms with Gasteiger partial charge in [0.2, 0.25) is 0 Å². The maximum Gasteiger partial charge on any atom is 0.338 e. The van der Waals surface area contributed by atoms with E-state index < -0.39 is 11.9 Å². The molecule has 0 aliphatic heterocycles. The average molecular weight is 739 g/mol. The molecule has 0 atom stereocenters. The molecule has 1 saturated carbocycles. The predicted molar refractivity (Wildman–Crippen MR) is 191 cm³/mol. The van der Waals surface area contributed by atoms with Crippen LogP contribution in [0.4, 0.5) is 5.69 Å². The number of nitrogen functional groups attached to an aromatic ring is 1. The molecule has 0 saturated heterocycles. The second kappa shape index (κ2) is 16.0. The number of carbonyl (C=O) groups is 3. The van der Waals surface area contributed by atoms with E-state index in [1.165, 1.54) is 32.1 Å². The summed E-state index contributed by atoms with van der Waals surface area (Å²) in [5, 5.41) is 1.23. The Morgan fingerprint density at radius 2 is 1.69 bits per heavy atom. The van der Waals surface area contributed by atoms with E-state index in [1.54, 1.807) is 73.2 Å². The molecule has 0 radical (unpaired) electrons. The van der Waals surface area contributed by atoms with Crippen LogP contribution in [0, 0.1) is 6.92 Å². The molecule has 254 valence electrons. The molecule has 5 rings (SSSR count). The fourth-order valence-corrected chi connectivity index (χ4v) is 7.08. The lowest BCUT2D eigenvalue weighted by Gasteiger charge is -2.34. The first kappa shape index (κ1) is 35.4. The first-order valence-electron chi connectivity index (χ1n) is 16.2. The molecule has 1 fully saturated rings. The highest BCUT2D eigenvalue weighted by atomic mass is 79.9. The van der Waals surface area contributed by atoms with Crippen LogP contribution in [0.15, 0.2) is 59.1 Å². The first-order chi connectivity index (χ1) is 23.1. The van der Waals surface area contributed by atoms with Crippen molar-refractivity contribution in [3.63, 3.8) is 0 Å². The van der Waals surface area contributed by atoms with Gasteiger partial charge in [-0.1, -0.05) is 37.8 Å². The Labute approximate surface area is 294 Å². The number of carbonyl (C=O) groups excluding carboxylic acids is 3. The molecule has 0 unspecified atom stereocenters. The summed E-state index contributed by atoms with van der Waals surface area (Å²) in [4.78, 5) is 42.0. The number of benzene rings is 3. The SMILES string of the molecule is CCN(Cc1cc(C(=O)OCCOC(=O)Cc2c(C)n(C(=O)c3ccc(Cl)cc3)c3ccc(OC)cc23)cc(Br)c1N)C1CCCCC1. The number of aromatic nitrogens is 1. The fourth-order valence-electron chi connectivity index (χ4n) is 6.45. The van der Waals surface area contributed by atoms with Gasteiger partial charge in [0.1, 0.15) is 19.0 Å². The van der Waals surface area contributed by atoms with Crippen molar-refractivity contribution in [2.45, 2.75) is 65.0 Å². The number of methoxy groups -OCH3 is 1. The van der Waals surface area contributed by atoms with Crippen molar-refractivity contribution in [2.75, 3.05) is 32.6 Å². The lowest BCUT2D eigenvalue weighted by Crippen LogP contribution is -2.36. The summed E-state index contributed by atoms with van der Waals surface area (Å²) in [6.45, 7) is 5.25. The summed E-state index contributed by atoms with van der Waals surface area (Å²) in [5.41, 5.74) is 10.6. The van der Waals surface area contributed by atoms with E-state index in [9.17, 15) is 14.4 Å². The van der Waals surface area contributed by atoms with E-state index in [0.29, 0.717) is 66.8 Å². The summed E-state index contributed by atoms with van der Waals surface area (Å²) < 4.78 is 18.6. The average Bonchev–Trinajstić information content (AvgIpc) is 3.36. The Hall–Kier alpha value is -3.86. The zero-order valence-electron chi connectivity index (χ0n) is 27.5. The van der Waals surface area contributed by atoms with Crippen molar-refractivity contribution < 1.29 is 28.6 Å². The minimum absolute atomic E-state index is 0.0897. The van der Waals surface area contributed by atoms with Crippen LogP contribution in [0.5, 0.6) is 5.75 Å². The molecule has 11 heteroatoms. The molecule has 1 aliphatic carbocycles. The van der Waals surface area contributed by atoms with Crippen molar-refractivity contribution in [2.24, 2.45) is 0 Å². The third-order valence-corrected chi connectivity index (χ3v) is 9.97. The first-order valence-corrected chi connectivity index (χ1v) is 17.4. The van der Waals surface area contributed by atoms with E-state index in [1.807, 2.05) is 0 Å². The molecule has 2 N–H and O–H groups in total. The van der Waals surface area contributed by atoms with Crippen LogP contribution in [-0.4, -0.2) is 60.2 Å². The van der Waals surface area contributed by atoms with Crippen molar-refractivity contribution in [1.29, 1.82) is 0 Å². The standard InChI is InChI=1S/C37H41BrClN3O6/c1-4-41(28-8-6-5-7-9-28)22-26-18-25(19-32(38)35(26)40)37(45)48-17-16-47-34(43)21-30-23(2)42(33-15-14-29(46-3)20-31(30)33)36(44)24-10-12-27(39)13-11-24/h10-15,18-20,28H,4-9,16-17,21-22,40H2,1-3H3. The van der Waals surface area contributed by atoms with Gasteiger partial charge in [0.15, 0.2) is 0 Å². The monoisotopic (exact) mass is 737 g/mol. The zero-order chi connectivity index (χ0) is 34.4. The predicted octanol–water partition coefficient (Wildman–Crippen LogP) is 7.74. The largest absolute Gasteiger partial charge is 0.497 e. The van der Waals surface area contributed by atoms with Crippen LogP contribution in [0.1, 0.15) is 76.6 Å². The van der Waals surface area contributed by atoms with Gasteiger partial charge in [0, 0.05) is 38.7 Å². The highest BCUT2D eigenvalue weighted by molar-refractivity contribution is 9.10. The van der Waals surface area contributed by atoms with Gasteiger partial charge in [-0.3, -0.25) is 19.1 Å². The number of halogens is 2. The number of nitrogens with two attached hydrogens (primary N) is 1. The maximum atomic E-state index is 13.6. The number of fused-ring (bicyclic) bond motifs is 1. The minimum Gasteiger partial charge on any atom is -0.497 e. The second-order valence-electron chi connectivity index (χ2n) is 12.0. The Bertz CT molecular complexity index is 1800. The van der Waals surface area contributed by atoms with E-state index in [4.69, 9.17) is 31.5 Å². The minimum atomic E-state index is -0.527. The number of hydrogen-bond acceptors (Lipinski definition) is 8. The zero-order valence-corrected chi connectivity index (χ0v) is 29.9. The summed E-state index contributed by atoms with van der Waals surface area (Å²) in [5.74, 6) is -0.705. The molecular weight excluding hydrogens is 698 g/mol. The van der Waals surface area contributed by atoms with Gasteiger partial charge in [0.05, 0.1) is 30.3 Å². The molecule has 1 heterocycles. The molecule has 0 amide bonds. The molecule has 0 bridgehead atoms. The normalized spacial score (nSPS) is 13.5. The van der Waals surface area contributed by atoms with Crippen molar-refractivity contribution in [3.8, 4) is 5.75 Å². The third-order valence-electron chi connectivity index (χ3n) is 9.06. The number of nitrogens with zero attached hydrogens (tertiary/aromatic N) is 2. The van der Waals surface area contributed by atoms with Crippen molar-refractivity contribution in [1.82, 2.24) is 9.47 Å². The molecule has 4 aromatic rings. The highest BCUT2D eigenvalue weighted by Crippen LogP contribution is 2.32. The van der Waals surface area contributed by atoms with Crippen molar-refractivity contribution >= 4 is 62.0 Å². The van der Waals surface area contributed by atoms with E-state index >= 15 is 0 Å². The Morgan fingerprint density at radius 1 is 0.979 bits per heavy atom. The van der Waals surface area contributed by atoms with Crippen LogP contribution >= 0.6 is 27.5 Å². The summed E-state index contributed by atoms with van der Waals surface area (Å²) in [7, 11) is 1.56. The van der Waals surface area contributed by atoms with Crippen LogP contribution in [-0.2, 0) is 27.2 Å². The Kier molecular flexibility index (Phi) is 11.8. The molecule has 48 heavy (non-hydrogen) atoms. The van der Waals surface area contributed by atoms with E-state index in [0.717, 1.165) is 12.1 Å². The topological polar surface area (TPSA) is 113 Å². The Balaban J connectivity index is 1.23. The molecule has 0 spiro atoms. The van der Waals surface area contributed by atoms with Gasteiger partial charge in [-0.15, -0.1) is 0 Å². The van der Waals surface area contributed by atoms with Gasteiger partial charge in [-0.2, -0.15) is 0 Å². The van der Waals surface area contributed by atoms with E-state index in [-0.39, 0.29) is 25.5 Å². The smallest absolute Gasteiger partial charge is 0.338 e. The number of hydrogen-bond donors (Lipinski definition) is 1. The molecule has 1 aliphatic rings. The lowest BCUT2D eigenvalue weighted by atomic mass is 9.93.